The lowest BCUT2D eigenvalue weighted by Crippen LogP contribution is -2.41. The van der Waals surface area contributed by atoms with Crippen molar-refractivity contribution in [3.63, 3.8) is 0 Å². The van der Waals surface area contributed by atoms with Crippen molar-refractivity contribution in [3.05, 3.63) is 0 Å². The summed E-state index contributed by atoms with van der Waals surface area (Å²) in [5, 5.41) is 0. The molecule has 1 saturated heterocycles. The van der Waals surface area contributed by atoms with Gasteiger partial charge in [0.2, 0.25) is 5.91 Å². The molecular weight excluding hydrogens is 216 g/mol. The zero-order valence-electron chi connectivity index (χ0n) is 10.7. The molecule has 0 aromatic carbocycles. The number of ether oxygens (including phenoxy) is 1. The molecule has 3 unspecified atom stereocenters. The third-order valence-electron chi connectivity index (χ3n) is 4.33. The summed E-state index contributed by atoms with van der Waals surface area (Å²) >= 11 is 0. The van der Waals surface area contributed by atoms with E-state index in [0.717, 1.165) is 12.5 Å². The summed E-state index contributed by atoms with van der Waals surface area (Å²) in [5.74, 6) is 0.989. The fraction of sp³-hybridized carbons (Fsp3) is 0.923. The van der Waals surface area contributed by atoms with Gasteiger partial charge in [0.05, 0.1) is 12.5 Å². The molecule has 1 amide bonds. The quantitative estimate of drug-likeness (QED) is 0.801. The van der Waals surface area contributed by atoms with Crippen LogP contribution in [0.15, 0.2) is 0 Å². The molecule has 2 fully saturated rings. The molecule has 0 spiro atoms. The Morgan fingerprint density at radius 2 is 2.18 bits per heavy atom. The average Bonchev–Trinajstić information content (AvgIpc) is 2.79. The standard InChI is InChI=1S/C13H24N2O2/c1-17-11(9-14)8-13(16)15-7-6-10-4-2-3-5-12(10)15/h10-12H,2-9,14H2,1H3. The molecule has 4 nitrogen and oxygen atoms in total. The van der Waals surface area contributed by atoms with E-state index in [-0.39, 0.29) is 12.0 Å². The molecule has 2 rings (SSSR count). The molecule has 0 aromatic rings. The summed E-state index contributed by atoms with van der Waals surface area (Å²) in [6, 6.07) is 0.506. The number of amides is 1. The van der Waals surface area contributed by atoms with Gasteiger partial charge in [0.15, 0.2) is 0 Å². The zero-order chi connectivity index (χ0) is 12.3. The Bertz CT molecular complexity index is 266. The van der Waals surface area contributed by atoms with Crippen LogP contribution >= 0.6 is 0 Å². The lowest BCUT2D eigenvalue weighted by Gasteiger charge is -2.32. The van der Waals surface area contributed by atoms with Crippen LogP contribution in [-0.4, -0.2) is 43.2 Å². The molecule has 1 heterocycles. The van der Waals surface area contributed by atoms with Crippen LogP contribution in [0.4, 0.5) is 0 Å². The number of hydrogen-bond acceptors (Lipinski definition) is 3. The van der Waals surface area contributed by atoms with Crippen molar-refractivity contribution in [2.75, 3.05) is 20.2 Å². The summed E-state index contributed by atoms with van der Waals surface area (Å²) in [7, 11) is 1.62. The van der Waals surface area contributed by atoms with E-state index >= 15 is 0 Å². The Labute approximate surface area is 103 Å². The van der Waals surface area contributed by atoms with Crippen molar-refractivity contribution in [1.29, 1.82) is 0 Å². The van der Waals surface area contributed by atoms with Crippen LogP contribution in [0.1, 0.15) is 38.5 Å². The van der Waals surface area contributed by atoms with Crippen LogP contribution in [-0.2, 0) is 9.53 Å². The fourth-order valence-electron chi connectivity index (χ4n) is 3.29. The van der Waals surface area contributed by atoms with Gasteiger partial charge < -0.3 is 15.4 Å². The Morgan fingerprint density at radius 1 is 1.41 bits per heavy atom. The predicted octanol–water partition coefficient (Wildman–Crippen LogP) is 1.14. The van der Waals surface area contributed by atoms with Crippen LogP contribution in [0.3, 0.4) is 0 Å². The summed E-state index contributed by atoms with van der Waals surface area (Å²) in [5.41, 5.74) is 5.57. The number of methoxy groups -OCH3 is 1. The number of rotatable bonds is 4. The molecule has 2 aliphatic rings. The highest BCUT2D eigenvalue weighted by atomic mass is 16.5. The third kappa shape index (κ3) is 2.80. The number of hydrogen-bond donors (Lipinski definition) is 1. The van der Waals surface area contributed by atoms with Gasteiger partial charge in [-0.25, -0.2) is 0 Å². The van der Waals surface area contributed by atoms with Gasteiger partial charge in [0.1, 0.15) is 0 Å². The average molecular weight is 240 g/mol. The highest BCUT2D eigenvalue weighted by Gasteiger charge is 2.38. The van der Waals surface area contributed by atoms with Gasteiger partial charge in [-0.3, -0.25) is 4.79 Å². The molecule has 0 radical (unpaired) electrons. The van der Waals surface area contributed by atoms with Gasteiger partial charge in [-0.1, -0.05) is 12.8 Å². The van der Waals surface area contributed by atoms with Crippen molar-refractivity contribution < 1.29 is 9.53 Å². The zero-order valence-corrected chi connectivity index (χ0v) is 10.7. The Balaban J connectivity index is 1.91. The predicted molar refractivity (Wildman–Crippen MR) is 66.5 cm³/mol. The highest BCUT2D eigenvalue weighted by Crippen LogP contribution is 2.36. The second-order valence-corrected chi connectivity index (χ2v) is 5.29. The van der Waals surface area contributed by atoms with Crippen LogP contribution in [0.25, 0.3) is 0 Å². The minimum absolute atomic E-state index is 0.120. The van der Waals surface area contributed by atoms with Crippen molar-refractivity contribution in [2.45, 2.75) is 50.7 Å². The fourth-order valence-corrected chi connectivity index (χ4v) is 3.29. The maximum Gasteiger partial charge on any atom is 0.225 e. The lowest BCUT2D eigenvalue weighted by atomic mass is 9.85. The minimum Gasteiger partial charge on any atom is -0.380 e. The van der Waals surface area contributed by atoms with Gasteiger partial charge >= 0.3 is 0 Å². The maximum absolute atomic E-state index is 12.2. The number of fused-ring (bicyclic) bond motifs is 1. The maximum atomic E-state index is 12.2. The van der Waals surface area contributed by atoms with E-state index in [0.29, 0.717) is 19.0 Å². The summed E-state index contributed by atoms with van der Waals surface area (Å²) in [4.78, 5) is 14.3. The van der Waals surface area contributed by atoms with E-state index < -0.39 is 0 Å². The first-order chi connectivity index (χ1) is 8.26. The Morgan fingerprint density at radius 3 is 2.88 bits per heavy atom. The van der Waals surface area contributed by atoms with Crippen LogP contribution in [0.2, 0.25) is 0 Å². The first-order valence-corrected chi connectivity index (χ1v) is 6.78. The van der Waals surface area contributed by atoms with Crippen LogP contribution in [0, 0.1) is 5.92 Å². The molecule has 0 aromatic heterocycles. The highest BCUT2D eigenvalue weighted by molar-refractivity contribution is 5.77. The van der Waals surface area contributed by atoms with Crippen molar-refractivity contribution in [1.82, 2.24) is 4.90 Å². The summed E-state index contributed by atoms with van der Waals surface area (Å²) in [6.07, 6.45) is 6.62. The monoisotopic (exact) mass is 240 g/mol. The van der Waals surface area contributed by atoms with Gasteiger partial charge in [-0.15, -0.1) is 0 Å². The van der Waals surface area contributed by atoms with E-state index in [9.17, 15) is 4.79 Å². The van der Waals surface area contributed by atoms with E-state index in [4.69, 9.17) is 10.5 Å². The third-order valence-corrected chi connectivity index (χ3v) is 4.33. The summed E-state index contributed by atoms with van der Waals surface area (Å²) in [6.45, 7) is 1.36. The smallest absolute Gasteiger partial charge is 0.225 e. The molecule has 3 atom stereocenters. The van der Waals surface area contributed by atoms with Crippen molar-refractivity contribution in [2.24, 2.45) is 11.7 Å². The van der Waals surface area contributed by atoms with Gasteiger partial charge in [0.25, 0.3) is 0 Å². The van der Waals surface area contributed by atoms with Gasteiger partial charge in [-0.2, -0.15) is 0 Å². The molecule has 1 aliphatic heterocycles. The SMILES string of the molecule is COC(CN)CC(=O)N1CCC2CCCCC21. The van der Waals surface area contributed by atoms with Gasteiger partial charge in [-0.05, 0) is 25.2 Å². The number of carbonyl (C=O) groups is 1. The molecule has 98 valence electrons. The Kier molecular flexibility index (Phi) is 4.40. The molecule has 4 heteroatoms. The second kappa shape index (κ2) is 5.83. The van der Waals surface area contributed by atoms with Gasteiger partial charge in [0, 0.05) is 26.2 Å². The first-order valence-electron chi connectivity index (χ1n) is 6.78. The van der Waals surface area contributed by atoms with Crippen molar-refractivity contribution >= 4 is 5.91 Å². The molecule has 1 saturated carbocycles. The summed E-state index contributed by atoms with van der Waals surface area (Å²) < 4.78 is 5.19. The van der Waals surface area contributed by atoms with E-state index in [1.165, 1.54) is 32.1 Å². The largest absolute Gasteiger partial charge is 0.380 e. The molecule has 17 heavy (non-hydrogen) atoms. The first kappa shape index (κ1) is 12.8. The van der Waals surface area contributed by atoms with Crippen LogP contribution in [0.5, 0.6) is 0 Å². The van der Waals surface area contributed by atoms with E-state index in [1.54, 1.807) is 7.11 Å². The number of carbonyl (C=O) groups excluding carboxylic acids is 1. The number of nitrogens with zero attached hydrogens (tertiary/aromatic N) is 1. The second-order valence-electron chi connectivity index (χ2n) is 5.29. The molecule has 0 bridgehead atoms. The minimum atomic E-state index is -0.120. The molecule has 1 aliphatic carbocycles. The topological polar surface area (TPSA) is 55.6 Å². The van der Waals surface area contributed by atoms with E-state index in [2.05, 4.69) is 4.90 Å². The molecular formula is C13H24N2O2. The van der Waals surface area contributed by atoms with E-state index in [1.807, 2.05) is 0 Å². The Hall–Kier alpha value is -0.610. The number of likely N-dealkylation sites (tertiary alicyclic amines) is 1. The lowest BCUT2D eigenvalue weighted by molar-refractivity contribution is -0.135. The van der Waals surface area contributed by atoms with Crippen LogP contribution < -0.4 is 5.73 Å². The van der Waals surface area contributed by atoms with Crippen molar-refractivity contribution in [3.8, 4) is 0 Å². The normalized spacial score (nSPS) is 30.1. The molecule has 2 N–H and O–H groups in total. The number of nitrogens with two attached hydrogens (primary N) is 1.